The van der Waals surface area contributed by atoms with Crippen LogP contribution in [0.2, 0.25) is 0 Å². The molecule has 11 heteroatoms. The Hall–Kier alpha value is -5.29. The van der Waals surface area contributed by atoms with Crippen molar-refractivity contribution in [1.82, 2.24) is 20.6 Å². The summed E-state index contributed by atoms with van der Waals surface area (Å²) in [7, 11) is 0. The average molecular weight is 768 g/mol. The summed E-state index contributed by atoms with van der Waals surface area (Å²) in [6.07, 6.45) is 2.00. The number of halogens is 3. The fourth-order valence-corrected chi connectivity index (χ4v) is 6.60. The summed E-state index contributed by atoms with van der Waals surface area (Å²) in [6, 6.07) is 29.8. The van der Waals surface area contributed by atoms with Gasteiger partial charge in [-0.05, 0) is 120 Å². The molecule has 0 unspecified atom stereocenters. The Morgan fingerprint density at radius 1 is 0.673 bits per heavy atom. The van der Waals surface area contributed by atoms with E-state index in [0.717, 1.165) is 93.0 Å². The highest BCUT2D eigenvalue weighted by Crippen LogP contribution is 2.35. The van der Waals surface area contributed by atoms with E-state index in [4.69, 9.17) is 11.5 Å². The molecule has 0 atom stereocenters. The van der Waals surface area contributed by atoms with E-state index in [1.165, 1.54) is 12.1 Å². The Balaban J connectivity index is 0.000000217. The van der Waals surface area contributed by atoms with Gasteiger partial charge in [-0.25, -0.2) is 8.78 Å². The number of hydrogen-bond acceptors (Lipinski definition) is 7. The molecule has 270 valence electrons. The number of aromatic amines is 1. The first-order chi connectivity index (χ1) is 25.1. The monoisotopic (exact) mass is 766 g/mol. The first kappa shape index (κ1) is 38.0. The predicted octanol–water partition coefficient (Wildman–Crippen LogP) is 9.88. The van der Waals surface area contributed by atoms with Crippen molar-refractivity contribution in [2.45, 2.75) is 53.6 Å². The van der Waals surface area contributed by atoms with Gasteiger partial charge in [0.15, 0.2) is 0 Å². The molecule has 5 aromatic carbocycles. The minimum atomic E-state index is -0.215. The molecule has 52 heavy (non-hydrogen) atoms. The highest BCUT2D eigenvalue weighted by atomic mass is 79.9. The number of nitrogens with zero attached hydrogens (tertiary/aromatic N) is 5. The van der Waals surface area contributed by atoms with Crippen molar-refractivity contribution in [1.29, 1.82) is 0 Å². The molecule has 8 nitrogen and oxygen atoms in total. The largest absolute Gasteiger partial charge is 0.397 e. The third kappa shape index (κ3) is 9.52. The zero-order chi connectivity index (χ0) is 37.2. The number of hydrogen-bond donors (Lipinski definition) is 3. The van der Waals surface area contributed by atoms with Crippen LogP contribution in [-0.4, -0.2) is 33.7 Å². The number of aromatic nitrogens is 4. The van der Waals surface area contributed by atoms with Crippen LogP contribution in [0.25, 0.3) is 22.5 Å². The molecule has 0 fully saturated rings. The highest BCUT2D eigenvalue weighted by Gasteiger charge is 2.16. The Kier molecular flexibility index (Phi) is 13.0. The SMILES string of the molecule is CCCN(Cc1ccc(F)cc1C)c1ccc(-c2ccccc2-c2nn[nH]n2)cc1N.CCCN(Cc1ccc(F)cc1C)c1ccc(Br)cc1N. The topological polar surface area (TPSA) is 113 Å². The predicted molar refractivity (Wildman–Crippen MR) is 213 cm³/mol. The number of anilines is 4. The second-order valence-electron chi connectivity index (χ2n) is 12.7. The minimum Gasteiger partial charge on any atom is -0.397 e. The van der Waals surface area contributed by atoms with E-state index >= 15 is 0 Å². The maximum atomic E-state index is 13.5. The van der Waals surface area contributed by atoms with Gasteiger partial charge < -0.3 is 21.3 Å². The number of aryl methyl sites for hydroxylation is 2. The summed E-state index contributed by atoms with van der Waals surface area (Å²) in [6.45, 7) is 11.3. The highest BCUT2D eigenvalue weighted by molar-refractivity contribution is 9.10. The number of tetrazole rings is 1. The average Bonchev–Trinajstić information content (AvgIpc) is 3.66. The van der Waals surface area contributed by atoms with Gasteiger partial charge >= 0.3 is 0 Å². The molecular weight excluding hydrogens is 722 g/mol. The molecule has 0 amide bonds. The summed E-state index contributed by atoms with van der Waals surface area (Å²) in [5.41, 5.74) is 23.0. The molecule has 0 saturated carbocycles. The molecule has 1 heterocycles. The van der Waals surface area contributed by atoms with Crippen LogP contribution in [0.1, 0.15) is 48.9 Å². The van der Waals surface area contributed by atoms with Crippen molar-refractivity contribution < 1.29 is 8.78 Å². The van der Waals surface area contributed by atoms with Gasteiger partial charge in [0, 0.05) is 36.2 Å². The molecular formula is C41H45BrF2N8. The Morgan fingerprint density at radius 2 is 1.21 bits per heavy atom. The van der Waals surface area contributed by atoms with E-state index in [0.29, 0.717) is 18.1 Å². The molecule has 0 bridgehead atoms. The molecule has 0 saturated heterocycles. The molecule has 6 rings (SSSR count). The maximum Gasteiger partial charge on any atom is 0.205 e. The summed E-state index contributed by atoms with van der Waals surface area (Å²) >= 11 is 3.43. The third-order valence-corrected chi connectivity index (χ3v) is 9.33. The van der Waals surface area contributed by atoms with E-state index in [9.17, 15) is 8.78 Å². The molecule has 0 aliphatic rings. The van der Waals surface area contributed by atoms with Crippen LogP contribution in [0.5, 0.6) is 0 Å². The van der Waals surface area contributed by atoms with Gasteiger partial charge in [0.1, 0.15) is 11.6 Å². The van der Waals surface area contributed by atoms with E-state index in [-0.39, 0.29) is 11.6 Å². The van der Waals surface area contributed by atoms with Crippen molar-refractivity contribution in [3.63, 3.8) is 0 Å². The van der Waals surface area contributed by atoms with Crippen LogP contribution in [0, 0.1) is 25.5 Å². The zero-order valence-corrected chi connectivity index (χ0v) is 31.6. The second-order valence-corrected chi connectivity index (χ2v) is 13.7. The summed E-state index contributed by atoms with van der Waals surface area (Å²) in [4.78, 5) is 4.48. The molecule has 0 aliphatic heterocycles. The van der Waals surface area contributed by atoms with Crippen molar-refractivity contribution in [2.75, 3.05) is 34.4 Å². The van der Waals surface area contributed by atoms with Crippen LogP contribution in [-0.2, 0) is 13.1 Å². The van der Waals surface area contributed by atoms with Crippen LogP contribution >= 0.6 is 15.9 Å². The number of benzene rings is 5. The van der Waals surface area contributed by atoms with E-state index in [2.05, 4.69) is 66.3 Å². The van der Waals surface area contributed by atoms with Crippen molar-refractivity contribution >= 4 is 38.7 Å². The fraction of sp³-hybridized carbons (Fsp3) is 0.244. The van der Waals surface area contributed by atoms with Crippen LogP contribution in [0.3, 0.4) is 0 Å². The molecule has 1 aromatic heterocycles. The van der Waals surface area contributed by atoms with Gasteiger partial charge in [0.05, 0.1) is 22.7 Å². The molecule has 5 N–H and O–H groups in total. The van der Waals surface area contributed by atoms with E-state index in [1.54, 1.807) is 12.1 Å². The lowest BCUT2D eigenvalue weighted by molar-refractivity contribution is 0.624. The standard InChI is InChI=1S/C24H25FN6.C17H20BrFN2/c1-3-12-31(15-18-8-10-19(25)13-16(18)2)23-11-9-17(14-22(23)26)20-6-4-5-7-21(20)24-27-29-30-28-24;1-3-8-21(17-7-5-14(18)10-16(17)20)11-13-4-6-15(19)9-12(13)2/h4-11,13-14H,3,12,15,26H2,1-2H3,(H,27,28,29,30);4-7,9-10H,3,8,11,20H2,1-2H3. The Bertz CT molecular complexity index is 2090. The lowest BCUT2D eigenvalue weighted by Gasteiger charge is -2.27. The van der Waals surface area contributed by atoms with E-state index < -0.39 is 0 Å². The van der Waals surface area contributed by atoms with Gasteiger partial charge in [0.25, 0.3) is 0 Å². The lowest BCUT2D eigenvalue weighted by atomic mass is 9.98. The maximum absolute atomic E-state index is 13.5. The third-order valence-electron chi connectivity index (χ3n) is 8.84. The minimum absolute atomic E-state index is 0.193. The summed E-state index contributed by atoms with van der Waals surface area (Å²) in [5, 5.41) is 14.4. The second kappa shape index (κ2) is 17.8. The summed E-state index contributed by atoms with van der Waals surface area (Å²) in [5.74, 6) is 0.131. The van der Waals surface area contributed by atoms with Crippen molar-refractivity contribution in [3.05, 3.63) is 135 Å². The molecule has 0 radical (unpaired) electrons. The first-order valence-corrected chi connectivity index (χ1v) is 18.1. The lowest BCUT2D eigenvalue weighted by Crippen LogP contribution is -2.25. The molecule has 0 spiro atoms. The van der Waals surface area contributed by atoms with Crippen molar-refractivity contribution in [2.24, 2.45) is 0 Å². The zero-order valence-electron chi connectivity index (χ0n) is 30.0. The first-order valence-electron chi connectivity index (χ1n) is 17.4. The Morgan fingerprint density at radius 3 is 1.69 bits per heavy atom. The quantitative estimate of drug-likeness (QED) is 0.106. The molecule has 0 aliphatic carbocycles. The van der Waals surface area contributed by atoms with Gasteiger partial charge in [-0.2, -0.15) is 5.21 Å². The normalized spacial score (nSPS) is 10.8. The smallest absolute Gasteiger partial charge is 0.205 e. The van der Waals surface area contributed by atoms with Gasteiger partial charge in [-0.3, -0.25) is 0 Å². The van der Waals surface area contributed by atoms with E-state index in [1.807, 2.05) is 80.6 Å². The molecule has 6 aromatic rings. The fourth-order valence-electron chi connectivity index (χ4n) is 6.22. The van der Waals surface area contributed by atoms with Crippen LogP contribution < -0.4 is 21.3 Å². The van der Waals surface area contributed by atoms with Crippen LogP contribution in [0.15, 0.2) is 102 Å². The van der Waals surface area contributed by atoms with Gasteiger partial charge in [-0.1, -0.05) is 72.2 Å². The number of nitrogen functional groups attached to an aromatic ring is 2. The van der Waals surface area contributed by atoms with Gasteiger partial charge in [0.2, 0.25) is 5.82 Å². The number of rotatable bonds is 12. The number of H-pyrrole nitrogens is 1. The van der Waals surface area contributed by atoms with Crippen LogP contribution in [0.4, 0.5) is 31.5 Å². The number of nitrogens with two attached hydrogens (primary N) is 2. The summed E-state index contributed by atoms with van der Waals surface area (Å²) < 4.78 is 27.7. The Labute approximate surface area is 313 Å². The van der Waals surface area contributed by atoms with Gasteiger partial charge in [-0.15, -0.1) is 10.2 Å². The number of nitrogens with one attached hydrogen (secondary N) is 1. The van der Waals surface area contributed by atoms with Crippen molar-refractivity contribution in [3.8, 4) is 22.5 Å².